The summed E-state index contributed by atoms with van der Waals surface area (Å²) in [6.07, 6.45) is 2.12. The van der Waals surface area contributed by atoms with Gasteiger partial charge in [-0.2, -0.15) is 4.39 Å². The van der Waals surface area contributed by atoms with Gasteiger partial charge in [0.15, 0.2) is 11.6 Å². The fourth-order valence-electron chi connectivity index (χ4n) is 4.29. The lowest BCUT2D eigenvalue weighted by Gasteiger charge is -2.26. The normalized spacial score (nSPS) is 18.2. The SMILES string of the molecule is CCOc1ccc(-c2ccc(COc3ccc(C4CCC(O)CC4)c(F)c3F)cc2)c(F)c1. The second-order valence-corrected chi connectivity index (χ2v) is 8.35. The van der Waals surface area contributed by atoms with Gasteiger partial charge in [0, 0.05) is 11.6 Å². The van der Waals surface area contributed by atoms with Crippen LogP contribution in [-0.4, -0.2) is 17.8 Å². The van der Waals surface area contributed by atoms with Crippen LogP contribution >= 0.6 is 0 Å². The zero-order valence-corrected chi connectivity index (χ0v) is 18.5. The van der Waals surface area contributed by atoms with E-state index in [1.807, 2.05) is 6.92 Å². The van der Waals surface area contributed by atoms with E-state index in [1.165, 1.54) is 12.1 Å². The van der Waals surface area contributed by atoms with Gasteiger partial charge in [0.2, 0.25) is 5.82 Å². The van der Waals surface area contributed by atoms with Crippen LogP contribution in [0.1, 0.15) is 49.7 Å². The summed E-state index contributed by atoms with van der Waals surface area (Å²) in [6.45, 7) is 2.35. The molecule has 0 heterocycles. The molecule has 3 aromatic carbocycles. The van der Waals surface area contributed by atoms with Gasteiger partial charge < -0.3 is 14.6 Å². The molecule has 3 nitrogen and oxygen atoms in total. The molecule has 1 aliphatic rings. The zero-order valence-electron chi connectivity index (χ0n) is 18.5. The first-order chi connectivity index (χ1) is 16.0. The van der Waals surface area contributed by atoms with Crippen molar-refractivity contribution in [3.05, 3.63) is 83.2 Å². The molecule has 0 spiro atoms. The Hall–Kier alpha value is -2.99. The Morgan fingerprint density at radius 3 is 2.24 bits per heavy atom. The van der Waals surface area contributed by atoms with Crippen LogP contribution in [0.15, 0.2) is 54.6 Å². The lowest BCUT2D eigenvalue weighted by atomic mass is 9.82. The third kappa shape index (κ3) is 5.33. The van der Waals surface area contributed by atoms with E-state index in [2.05, 4.69) is 0 Å². The summed E-state index contributed by atoms with van der Waals surface area (Å²) in [5, 5.41) is 9.63. The molecule has 1 saturated carbocycles. The van der Waals surface area contributed by atoms with E-state index in [0.717, 1.165) is 5.56 Å². The molecule has 1 N–H and O–H groups in total. The number of benzene rings is 3. The highest BCUT2D eigenvalue weighted by atomic mass is 19.2. The third-order valence-electron chi connectivity index (χ3n) is 6.12. The highest BCUT2D eigenvalue weighted by molar-refractivity contribution is 5.65. The third-order valence-corrected chi connectivity index (χ3v) is 6.12. The van der Waals surface area contributed by atoms with E-state index in [9.17, 15) is 18.3 Å². The average Bonchev–Trinajstić information content (AvgIpc) is 2.82. The molecular weight excluding hydrogens is 429 g/mol. The standard InChI is InChI=1S/C27H27F3O3/c1-2-32-21-11-12-22(24(28)15-21)18-5-3-17(4-6-18)16-33-25-14-13-23(26(29)27(25)30)19-7-9-20(31)10-8-19/h3-6,11-15,19-20,31H,2,7-10,16H2,1H3. The first-order valence-electron chi connectivity index (χ1n) is 11.3. The van der Waals surface area contributed by atoms with Crippen molar-refractivity contribution in [1.29, 1.82) is 0 Å². The highest BCUT2D eigenvalue weighted by Gasteiger charge is 2.25. The molecule has 174 valence electrons. The molecule has 6 heteroatoms. The summed E-state index contributed by atoms with van der Waals surface area (Å²) >= 11 is 0. The fourth-order valence-corrected chi connectivity index (χ4v) is 4.29. The molecule has 0 aliphatic heterocycles. The summed E-state index contributed by atoms with van der Waals surface area (Å²) in [5.41, 5.74) is 2.23. The highest BCUT2D eigenvalue weighted by Crippen LogP contribution is 2.36. The van der Waals surface area contributed by atoms with E-state index in [-0.39, 0.29) is 30.2 Å². The van der Waals surface area contributed by atoms with Gasteiger partial charge in [-0.1, -0.05) is 30.3 Å². The molecule has 4 rings (SSSR count). The smallest absolute Gasteiger partial charge is 0.200 e. The molecule has 0 bridgehead atoms. The van der Waals surface area contributed by atoms with Crippen LogP contribution in [0, 0.1) is 17.5 Å². The molecule has 0 aromatic heterocycles. The number of aliphatic hydroxyl groups is 1. The van der Waals surface area contributed by atoms with Gasteiger partial charge in [-0.25, -0.2) is 8.78 Å². The lowest BCUT2D eigenvalue weighted by molar-refractivity contribution is 0.122. The van der Waals surface area contributed by atoms with Crippen LogP contribution in [0.2, 0.25) is 0 Å². The van der Waals surface area contributed by atoms with Gasteiger partial charge >= 0.3 is 0 Å². The largest absolute Gasteiger partial charge is 0.494 e. The molecule has 0 atom stereocenters. The van der Waals surface area contributed by atoms with E-state index >= 15 is 0 Å². The van der Waals surface area contributed by atoms with Crippen LogP contribution in [0.25, 0.3) is 11.1 Å². The summed E-state index contributed by atoms with van der Waals surface area (Å²) < 4.78 is 54.5. The Balaban J connectivity index is 1.42. The fraction of sp³-hybridized carbons (Fsp3) is 0.333. The summed E-state index contributed by atoms with van der Waals surface area (Å²) in [4.78, 5) is 0. The van der Waals surface area contributed by atoms with Crippen molar-refractivity contribution in [2.24, 2.45) is 0 Å². The predicted octanol–water partition coefficient (Wildman–Crippen LogP) is 6.77. The van der Waals surface area contributed by atoms with Crippen LogP contribution in [0.5, 0.6) is 11.5 Å². The Morgan fingerprint density at radius 1 is 0.848 bits per heavy atom. The van der Waals surface area contributed by atoms with Crippen molar-refractivity contribution in [2.75, 3.05) is 6.61 Å². The van der Waals surface area contributed by atoms with Crippen LogP contribution < -0.4 is 9.47 Å². The minimum atomic E-state index is -0.994. The number of rotatable bonds is 7. The molecule has 0 amide bonds. The van der Waals surface area contributed by atoms with Gasteiger partial charge in [0.05, 0.1) is 12.7 Å². The second kappa shape index (κ2) is 10.3. The van der Waals surface area contributed by atoms with Crippen LogP contribution in [0.3, 0.4) is 0 Å². The van der Waals surface area contributed by atoms with Gasteiger partial charge in [-0.15, -0.1) is 0 Å². The quantitative estimate of drug-likeness (QED) is 0.427. The molecule has 1 aliphatic carbocycles. The van der Waals surface area contributed by atoms with Crippen molar-refractivity contribution in [2.45, 2.75) is 51.2 Å². The van der Waals surface area contributed by atoms with E-state index in [4.69, 9.17) is 9.47 Å². The number of hydrogen-bond donors (Lipinski definition) is 1. The maximum atomic E-state index is 14.7. The Bertz CT molecular complexity index is 1090. The van der Waals surface area contributed by atoms with E-state index in [0.29, 0.717) is 54.7 Å². The topological polar surface area (TPSA) is 38.7 Å². The monoisotopic (exact) mass is 456 g/mol. The molecule has 0 radical (unpaired) electrons. The number of halogens is 3. The molecule has 1 fully saturated rings. The number of aliphatic hydroxyl groups excluding tert-OH is 1. The van der Waals surface area contributed by atoms with Crippen LogP contribution in [-0.2, 0) is 6.61 Å². The number of ether oxygens (including phenoxy) is 2. The number of hydrogen-bond acceptors (Lipinski definition) is 3. The van der Waals surface area contributed by atoms with Crippen molar-refractivity contribution in [3.8, 4) is 22.6 Å². The maximum absolute atomic E-state index is 14.7. The molecule has 3 aromatic rings. The second-order valence-electron chi connectivity index (χ2n) is 8.35. The minimum Gasteiger partial charge on any atom is -0.494 e. The van der Waals surface area contributed by atoms with Gasteiger partial charge in [0.25, 0.3) is 0 Å². The van der Waals surface area contributed by atoms with Crippen molar-refractivity contribution in [3.63, 3.8) is 0 Å². The average molecular weight is 457 g/mol. The first-order valence-corrected chi connectivity index (χ1v) is 11.3. The van der Waals surface area contributed by atoms with Gasteiger partial charge in [-0.05, 0) is 73.4 Å². The molecule has 0 saturated heterocycles. The van der Waals surface area contributed by atoms with Gasteiger partial charge in [-0.3, -0.25) is 0 Å². The predicted molar refractivity (Wildman–Crippen MR) is 121 cm³/mol. The molecular formula is C27H27F3O3. The Kier molecular flexibility index (Phi) is 7.23. The van der Waals surface area contributed by atoms with Crippen molar-refractivity contribution >= 4 is 0 Å². The molecule has 33 heavy (non-hydrogen) atoms. The van der Waals surface area contributed by atoms with Crippen molar-refractivity contribution < 1.29 is 27.8 Å². The summed E-state index contributed by atoms with van der Waals surface area (Å²) in [7, 11) is 0. The van der Waals surface area contributed by atoms with Crippen LogP contribution in [0.4, 0.5) is 13.2 Å². The summed E-state index contributed by atoms with van der Waals surface area (Å²) in [6, 6.07) is 14.8. The first kappa shape index (κ1) is 23.2. The Morgan fingerprint density at radius 2 is 1.58 bits per heavy atom. The Labute approximate surface area is 191 Å². The molecule has 0 unspecified atom stereocenters. The van der Waals surface area contributed by atoms with E-state index < -0.39 is 11.6 Å². The zero-order chi connectivity index (χ0) is 23.4. The lowest BCUT2D eigenvalue weighted by Crippen LogP contribution is -2.18. The minimum absolute atomic E-state index is 0.0529. The maximum Gasteiger partial charge on any atom is 0.200 e. The summed E-state index contributed by atoms with van der Waals surface area (Å²) in [5.74, 6) is -2.01. The van der Waals surface area contributed by atoms with E-state index in [1.54, 1.807) is 42.5 Å². The van der Waals surface area contributed by atoms with Gasteiger partial charge in [0.1, 0.15) is 18.2 Å². The van der Waals surface area contributed by atoms with Crippen molar-refractivity contribution in [1.82, 2.24) is 0 Å².